The third-order valence-electron chi connectivity index (χ3n) is 4.61. The maximum absolute atomic E-state index is 12.8. The molecule has 0 saturated carbocycles. The lowest BCUT2D eigenvalue weighted by Gasteiger charge is -2.11. The molecule has 7 nitrogen and oxygen atoms in total. The van der Waals surface area contributed by atoms with Crippen molar-refractivity contribution in [2.24, 2.45) is 0 Å². The molecule has 0 aliphatic heterocycles. The Morgan fingerprint density at radius 1 is 0.935 bits per heavy atom. The lowest BCUT2D eigenvalue weighted by Crippen LogP contribution is -2.41. The lowest BCUT2D eigenvalue weighted by molar-refractivity contribution is -0.122. The SMILES string of the molecule is O=C(CCCOc1ccccc1)NNC(=O)c1cc(-c2ccco2)nc2ccccc12. The molecule has 0 saturated heterocycles. The Bertz CT molecular complexity index is 1170. The fraction of sp³-hybridized carbons (Fsp3) is 0.125. The van der Waals surface area contributed by atoms with Gasteiger partial charge in [-0.15, -0.1) is 0 Å². The standard InChI is InChI=1S/C24H21N3O4/c28-23(13-7-14-30-17-8-2-1-3-9-17)26-27-24(29)19-16-21(22-12-6-15-31-22)25-20-11-5-4-10-18(19)20/h1-6,8-12,15-16H,7,13-14H2,(H,26,28)(H,27,29). The number of benzene rings is 2. The molecule has 0 radical (unpaired) electrons. The molecule has 0 aliphatic carbocycles. The summed E-state index contributed by atoms with van der Waals surface area (Å²) in [5.41, 5.74) is 6.54. The lowest BCUT2D eigenvalue weighted by atomic mass is 10.1. The fourth-order valence-corrected chi connectivity index (χ4v) is 3.11. The fourth-order valence-electron chi connectivity index (χ4n) is 3.11. The van der Waals surface area contributed by atoms with Crippen molar-refractivity contribution < 1.29 is 18.7 Å². The van der Waals surface area contributed by atoms with E-state index in [0.29, 0.717) is 40.9 Å². The van der Waals surface area contributed by atoms with Crippen molar-refractivity contribution in [2.75, 3.05) is 6.61 Å². The van der Waals surface area contributed by atoms with E-state index in [4.69, 9.17) is 9.15 Å². The van der Waals surface area contributed by atoms with Gasteiger partial charge in [-0.3, -0.25) is 20.4 Å². The highest BCUT2D eigenvalue weighted by Crippen LogP contribution is 2.25. The van der Waals surface area contributed by atoms with Crippen LogP contribution in [0.4, 0.5) is 0 Å². The number of nitrogens with one attached hydrogen (secondary N) is 2. The third kappa shape index (κ3) is 5.08. The number of aromatic nitrogens is 1. The van der Waals surface area contributed by atoms with Crippen molar-refractivity contribution in [1.29, 1.82) is 0 Å². The minimum Gasteiger partial charge on any atom is -0.494 e. The Kier molecular flexibility index (Phi) is 6.23. The average Bonchev–Trinajstić information content (AvgIpc) is 3.35. The molecule has 0 unspecified atom stereocenters. The maximum atomic E-state index is 12.8. The van der Waals surface area contributed by atoms with E-state index in [1.807, 2.05) is 54.6 Å². The van der Waals surface area contributed by atoms with Crippen molar-refractivity contribution >= 4 is 22.7 Å². The van der Waals surface area contributed by atoms with Gasteiger partial charge in [-0.05, 0) is 42.8 Å². The molecule has 156 valence electrons. The van der Waals surface area contributed by atoms with Gasteiger partial charge in [0.2, 0.25) is 5.91 Å². The first-order valence-corrected chi connectivity index (χ1v) is 9.91. The quantitative estimate of drug-likeness (QED) is 0.350. The van der Waals surface area contributed by atoms with Crippen LogP contribution in [0, 0.1) is 0 Å². The zero-order chi connectivity index (χ0) is 21.5. The monoisotopic (exact) mass is 415 g/mol. The van der Waals surface area contributed by atoms with E-state index in [1.165, 1.54) is 0 Å². The molecule has 2 aromatic heterocycles. The number of carbonyl (C=O) groups excluding carboxylic acids is 2. The van der Waals surface area contributed by atoms with Gasteiger partial charge in [0.05, 0.1) is 24.0 Å². The molecule has 0 bridgehead atoms. The van der Waals surface area contributed by atoms with Gasteiger partial charge in [-0.1, -0.05) is 36.4 Å². The Morgan fingerprint density at radius 3 is 2.55 bits per heavy atom. The van der Waals surface area contributed by atoms with Crippen LogP contribution < -0.4 is 15.6 Å². The molecule has 2 aromatic carbocycles. The van der Waals surface area contributed by atoms with Crippen LogP contribution in [-0.4, -0.2) is 23.4 Å². The molecule has 31 heavy (non-hydrogen) atoms. The third-order valence-corrected chi connectivity index (χ3v) is 4.61. The van der Waals surface area contributed by atoms with E-state index < -0.39 is 5.91 Å². The van der Waals surface area contributed by atoms with Crippen molar-refractivity contribution in [3.8, 4) is 17.2 Å². The van der Waals surface area contributed by atoms with Crippen molar-refractivity contribution in [1.82, 2.24) is 15.8 Å². The van der Waals surface area contributed by atoms with Crippen molar-refractivity contribution in [2.45, 2.75) is 12.8 Å². The number of fused-ring (bicyclic) bond motifs is 1. The summed E-state index contributed by atoms with van der Waals surface area (Å²) in [5.74, 6) is 0.588. The summed E-state index contributed by atoms with van der Waals surface area (Å²) in [4.78, 5) is 29.4. The Hall–Kier alpha value is -4.13. The number of hydrazine groups is 1. The number of para-hydroxylation sites is 2. The molecule has 0 fully saturated rings. The molecular weight excluding hydrogens is 394 g/mol. The van der Waals surface area contributed by atoms with Gasteiger partial charge in [0.15, 0.2) is 5.76 Å². The zero-order valence-corrected chi connectivity index (χ0v) is 16.7. The van der Waals surface area contributed by atoms with Gasteiger partial charge in [0.1, 0.15) is 11.4 Å². The molecular formula is C24H21N3O4. The number of hydrogen-bond acceptors (Lipinski definition) is 5. The summed E-state index contributed by atoms with van der Waals surface area (Å²) in [6, 6.07) is 21.9. The van der Waals surface area contributed by atoms with Crippen molar-refractivity contribution in [3.05, 3.63) is 84.6 Å². The first-order chi connectivity index (χ1) is 15.2. The molecule has 7 heteroatoms. The first-order valence-electron chi connectivity index (χ1n) is 9.91. The summed E-state index contributed by atoms with van der Waals surface area (Å²) >= 11 is 0. The van der Waals surface area contributed by atoms with Crippen LogP contribution in [0.1, 0.15) is 23.2 Å². The number of amides is 2. The highest BCUT2D eigenvalue weighted by Gasteiger charge is 2.15. The number of furan rings is 1. The van der Waals surface area contributed by atoms with Crippen molar-refractivity contribution in [3.63, 3.8) is 0 Å². The second-order valence-electron chi connectivity index (χ2n) is 6.82. The molecule has 0 atom stereocenters. The zero-order valence-electron chi connectivity index (χ0n) is 16.7. The largest absolute Gasteiger partial charge is 0.494 e. The van der Waals surface area contributed by atoms with Gasteiger partial charge in [-0.25, -0.2) is 4.98 Å². The van der Waals surface area contributed by atoms with Gasteiger partial charge in [0, 0.05) is 11.8 Å². The van der Waals surface area contributed by atoms with E-state index in [2.05, 4.69) is 15.8 Å². The summed E-state index contributed by atoms with van der Waals surface area (Å²) in [6.45, 7) is 0.410. The van der Waals surface area contributed by atoms with Crippen LogP contribution in [0.25, 0.3) is 22.4 Å². The highest BCUT2D eigenvalue weighted by atomic mass is 16.5. The van der Waals surface area contributed by atoms with E-state index in [-0.39, 0.29) is 12.3 Å². The predicted octanol–water partition coefficient (Wildman–Crippen LogP) is 4.12. The Labute approximate surface area is 179 Å². The number of carbonyl (C=O) groups is 2. The molecule has 2 amide bonds. The first kappa shape index (κ1) is 20.2. The molecule has 0 spiro atoms. The van der Waals surface area contributed by atoms with E-state index in [9.17, 15) is 9.59 Å². The molecule has 2 heterocycles. The number of pyridine rings is 1. The highest BCUT2D eigenvalue weighted by molar-refractivity contribution is 6.07. The normalized spacial score (nSPS) is 10.6. The van der Waals surface area contributed by atoms with Crippen LogP contribution in [0.2, 0.25) is 0 Å². The van der Waals surface area contributed by atoms with Crippen LogP contribution in [0.15, 0.2) is 83.5 Å². The van der Waals surface area contributed by atoms with Gasteiger partial charge >= 0.3 is 0 Å². The Morgan fingerprint density at radius 2 is 1.74 bits per heavy atom. The molecule has 0 aliphatic rings. The number of rotatable bonds is 7. The topological polar surface area (TPSA) is 93.5 Å². The summed E-state index contributed by atoms with van der Waals surface area (Å²) in [5, 5.41) is 0.681. The van der Waals surface area contributed by atoms with E-state index in [0.717, 1.165) is 5.75 Å². The van der Waals surface area contributed by atoms with Gasteiger partial charge in [0.25, 0.3) is 5.91 Å². The number of hydrogen-bond donors (Lipinski definition) is 2. The van der Waals surface area contributed by atoms with Gasteiger partial charge < -0.3 is 9.15 Å². The minimum atomic E-state index is -0.430. The van der Waals surface area contributed by atoms with Crippen LogP contribution >= 0.6 is 0 Å². The molecule has 4 rings (SSSR count). The number of nitrogens with zero attached hydrogens (tertiary/aromatic N) is 1. The van der Waals surface area contributed by atoms with E-state index >= 15 is 0 Å². The summed E-state index contributed by atoms with van der Waals surface area (Å²) in [6.07, 6.45) is 2.30. The Balaban J connectivity index is 1.36. The van der Waals surface area contributed by atoms with Gasteiger partial charge in [-0.2, -0.15) is 0 Å². The average molecular weight is 415 g/mol. The van der Waals surface area contributed by atoms with Crippen LogP contribution in [-0.2, 0) is 4.79 Å². The second kappa shape index (κ2) is 9.58. The predicted molar refractivity (Wildman–Crippen MR) is 116 cm³/mol. The van der Waals surface area contributed by atoms with E-state index in [1.54, 1.807) is 24.5 Å². The van der Waals surface area contributed by atoms with Crippen LogP contribution in [0.5, 0.6) is 5.75 Å². The number of ether oxygens (including phenoxy) is 1. The summed E-state index contributed by atoms with van der Waals surface area (Å²) in [7, 11) is 0. The maximum Gasteiger partial charge on any atom is 0.270 e. The smallest absolute Gasteiger partial charge is 0.270 e. The molecule has 4 aromatic rings. The van der Waals surface area contributed by atoms with Crippen LogP contribution in [0.3, 0.4) is 0 Å². The second-order valence-corrected chi connectivity index (χ2v) is 6.82. The minimum absolute atomic E-state index is 0.224. The molecule has 2 N–H and O–H groups in total. The summed E-state index contributed by atoms with van der Waals surface area (Å²) < 4.78 is 11.0.